The Kier molecular flexibility index (Phi) is 2.44. The number of hydrogen-bond acceptors (Lipinski definition) is 1. The van der Waals surface area contributed by atoms with E-state index in [1.807, 2.05) is 6.20 Å². The van der Waals surface area contributed by atoms with Gasteiger partial charge in [0.05, 0.1) is 0 Å². The van der Waals surface area contributed by atoms with Crippen molar-refractivity contribution in [1.29, 1.82) is 0 Å². The predicted octanol–water partition coefficient (Wildman–Crippen LogP) is 2.63. The number of aromatic amines is 1. The SMILES string of the molecule is CCCNC1Cc2cc3cc[nH]c3cc2C1. The fraction of sp³-hybridized carbons (Fsp3) is 0.429. The topological polar surface area (TPSA) is 27.8 Å². The summed E-state index contributed by atoms with van der Waals surface area (Å²) in [5.74, 6) is 0. The smallest absolute Gasteiger partial charge is 0.0456 e. The highest BCUT2D eigenvalue weighted by molar-refractivity contribution is 5.81. The van der Waals surface area contributed by atoms with Crippen LogP contribution in [0.5, 0.6) is 0 Å². The highest BCUT2D eigenvalue weighted by atomic mass is 14.9. The summed E-state index contributed by atoms with van der Waals surface area (Å²) in [6.07, 6.45) is 5.61. The molecule has 3 rings (SSSR count). The zero-order valence-electron chi connectivity index (χ0n) is 9.72. The van der Waals surface area contributed by atoms with Crippen LogP contribution in [0.25, 0.3) is 10.9 Å². The van der Waals surface area contributed by atoms with E-state index in [-0.39, 0.29) is 0 Å². The van der Waals surface area contributed by atoms with Gasteiger partial charge in [0.1, 0.15) is 0 Å². The van der Waals surface area contributed by atoms with Crippen molar-refractivity contribution in [1.82, 2.24) is 10.3 Å². The molecular formula is C14H18N2. The summed E-state index contributed by atoms with van der Waals surface area (Å²) in [7, 11) is 0. The molecule has 0 amide bonds. The van der Waals surface area contributed by atoms with E-state index in [4.69, 9.17) is 0 Å². The first-order valence-electron chi connectivity index (χ1n) is 6.19. The molecule has 2 N–H and O–H groups in total. The Bertz CT molecular complexity index is 458. The van der Waals surface area contributed by atoms with Gasteiger partial charge in [-0.15, -0.1) is 0 Å². The molecule has 1 aromatic carbocycles. The molecule has 0 bridgehead atoms. The molecule has 1 heterocycles. The number of hydrogen-bond donors (Lipinski definition) is 2. The highest BCUT2D eigenvalue weighted by Crippen LogP contribution is 2.27. The first-order valence-corrected chi connectivity index (χ1v) is 6.19. The maximum atomic E-state index is 3.61. The van der Waals surface area contributed by atoms with Crippen molar-refractivity contribution in [2.45, 2.75) is 32.2 Å². The van der Waals surface area contributed by atoms with E-state index in [0.717, 1.165) is 6.54 Å². The Morgan fingerprint density at radius 1 is 1.31 bits per heavy atom. The molecule has 0 aliphatic heterocycles. The third-order valence-electron chi connectivity index (χ3n) is 3.49. The number of aromatic nitrogens is 1. The molecule has 1 unspecified atom stereocenters. The molecule has 2 nitrogen and oxygen atoms in total. The second-order valence-corrected chi connectivity index (χ2v) is 4.75. The lowest BCUT2D eigenvalue weighted by Crippen LogP contribution is -2.29. The fourth-order valence-electron chi connectivity index (χ4n) is 2.67. The number of nitrogens with one attached hydrogen (secondary N) is 2. The predicted molar refractivity (Wildman–Crippen MR) is 67.8 cm³/mol. The van der Waals surface area contributed by atoms with Crippen LogP contribution in [-0.4, -0.2) is 17.6 Å². The molecule has 16 heavy (non-hydrogen) atoms. The molecule has 2 aromatic rings. The van der Waals surface area contributed by atoms with Gasteiger partial charge >= 0.3 is 0 Å². The van der Waals surface area contributed by atoms with Crippen molar-refractivity contribution >= 4 is 10.9 Å². The zero-order chi connectivity index (χ0) is 11.0. The first kappa shape index (κ1) is 9.91. The van der Waals surface area contributed by atoms with Crippen LogP contribution in [0.3, 0.4) is 0 Å². The third kappa shape index (κ3) is 1.63. The lowest BCUT2D eigenvalue weighted by Gasteiger charge is -2.09. The van der Waals surface area contributed by atoms with E-state index in [1.54, 1.807) is 0 Å². The first-order chi connectivity index (χ1) is 7.86. The molecule has 1 aromatic heterocycles. The second kappa shape index (κ2) is 3.95. The lowest BCUT2D eigenvalue weighted by molar-refractivity contribution is 0.532. The van der Waals surface area contributed by atoms with E-state index in [9.17, 15) is 0 Å². The van der Waals surface area contributed by atoms with Gasteiger partial charge in [-0.2, -0.15) is 0 Å². The fourth-order valence-corrected chi connectivity index (χ4v) is 2.67. The molecule has 0 fully saturated rings. The Morgan fingerprint density at radius 2 is 2.12 bits per heavy atom. The summed E-state index contributed by atoms with van der Waals surface area (Å²) < 4.78 is 0. The highest BCUT2D eigenvalue weighted by Gasteiger charge is 2.21. The molecule has 0 spiro atoms. The normalized spacial score (nSPS) is 19.2. The Hall–Kier alpha value is -1.28. The monoisotopic (exact) mass is 214 g/mol. The number of rotatable bonds is 3. The summed E-state index contributed by atoms with van der Waals surface area (Å²) in [4.78, 5) is 3.29. The van der Waals surface area contributed by atoms with Crippen LogP contribution in [0.2, 0.25) is 0 Å². The van der Waals surface area contributed by atoms with Gasteiger partial charge in [0.15, 0.2) is 0 Å². The van der Waals surface area contributed by atoms with Gasteiger partial charge in [-0.1, -0.05) is 6.92 Å². The van der Waals surface area contributed by atoms with Crippen LogP contribution in [0.15, 0.2) is 24.4 Å². The Labute approximate surface area is 96.1 Å². The average Bonchev–Trinajstić information content (AvgIpc) is 2.87. The lowest BCUT2D eigenvalue weighted by atomic mass is 10.1. The largest absolute Gasteiger partial charge is 0.361 e. The van der Waals surface area contributed by atoms with E-state index in [2.05, 4.69) is 35.4 Å². The maximum Gasteiger partial charge on any atom is 0.0456 e. The maximum absolute atomic E-state index is 3.61. The number of benzene rings is 1. The quantitative estimate of drug-likeness (QED) is 0.807. The Morgan fingerprint density at radius 3 is 2.94 bits per heavy atom. The molecule has 2 heteroatoms. The van der Waals surface area contributed by atoms with Gasteiger partial charge in [0.2, 0.25) is 0 Å². The molecule has 1 aliphatic rings. The van der Waals surface area contributed by atoms with E-state index < -0.39 is 0 Å². The molecule has 1 aliphatic carbocycles. The average molecular weight is 214 g/mol. The molecule has 0 saturated carbocycles. The molecule has 0 radical (unpaired) electrons. The van der Waals surface area contributed by atoms with Crippen molar-refractivity contribution in [2.24, 2.45) is 0 Å². The minimum atomic E-state index is 0.654. The summed E-state index contributed by atoms with van der Waals surface area (Å²) in [5.41, 5.74) is 4.32. The number of fused-ring (bicyclic) bond motifs is 2. The summed E-state index contributed by atoms with van der Waals surface area (Å²) >= 11 is 0. The van der Waals surface area contributed by atoms with Crippen LogP contribution >= 0.6 is 0 Å². The molecule has 84 valence electrons. The summed E-state index contributed by atoms with van der Waals surface area (Å²) in [6.45, 7) is 3.36. The second-order valence-electron chi connectivity index (χ2n) is 4.75. The van der Waals surface area contributed by atoms with Gasteiger partial charge in [0.25, 0.3) is 0 Å². The summed E-state index contributed by atoms with van der Waals surface area (Å²) in [5, 5.41) is 4.96. The van der Waals surface area contributed by atoms with Gasteiger partial charge in [0, 0.05) is 17.8 Å². The van der Waals surface area contributed by atoms with Crippen LogP contribution in [0.1, 0.15) is 24.5 Å². The van der Waals surface area contributed by atoms with Crippen LogP contribution in [-0.2, 0) is 12.8 Å². The molecule has 1 atom stereocenters. The summed E-state index contributed by atoms with van der Waals surface area (Å²) in [6, 6.07) is 7.47. The standard InChI is InChI=1S/C14H18N2/c1-2-4-15-13-7-11-6-10-3-5-16-14(10)9-12(11)8-13/h3,5-6,9,13,15-16H,2,4,7-8H2,1H3. The van der Waals surface area contributed by atoms with Gasteiger partial charge in [-0.25, -0.2) is 0 Å². The van der Waals surface area contributed by atoms with E-state index in [0.29, 0.717) is 6.04 Å². The van der Waals surface area contributed by atoms with Crippen molar-refractivity contribution in [2.75, 3.05) is 6.54 Å². The third-order valence-corrected chi connectivity index (χ3v) is 3.49. The molecule has 0 saturated heterocycles. The van der Waals surface area contributed by atoms with Gasteiger partial charge < -0.3 is 10.3 Å². The number of H-pyrrole nitrogens is 1. The van der Waals surface area contributed by atoms with Gasteiger partial charge in [-0.05, 0) is 60.5 Å². The van der Waals surface area contributed by atoms with Crippen LogP contribution < -0.4 is 5.32 Å². The van der Waals surface area contributed by atoms with Crippen molar-refractivity contribution < 1.29 is 0 Å². The zero-order valence-corrected chi connectivity index (χ0v) is 9.72. The minimum Gasteiger partial charge on any atom is -0.361 e. The van der Waals surface area contributed by atoms with Crippen molar-refractivity contribution in [3.05, 3.63) is 35.5 Å². The van der Waals surface area contributed by atoms with Gasteiger partial charge in [-0.3, -0.25) is 0 Å². The Balaban J connectivity index is 1.85. The molecular weight excluding hydrogens is 196 g/mol. The minimum absolute atomic E-state index is 0.654. The van der Waals surface area contributed by atoms with Crippen LogP contribution in [0, 0.1) is 0 Å². The van der Waals surface area contributed by atoms with Crippen molar-refractivity contribution in [3.63, 3.8) is 0 Å². The van der Waals surface area contributed by atoms with Crippen LogP contribution in [0.4, 0.5) is 0 Å². The van der Waals surface area contributed by atoms with Crippen molar-refractivity contribution in [3.8, 4) is 0 Å². The van der Waals surface area contributed by atoms with E-state index in [1.165, 1.54) is 41.3 Å². The van der Waals surface area contributed by atoms with E-state index >= 15 is 0 Å².